The molecule has 0 spiro atoms. The van der Waals surface area contributed by atoms with Gasteiger partial charge in [0.1, 0.15) is 5.82 Å². The molecular formula is C13H19FN2. The van der Waals surface area contributed by atoms with Crippen LogP contribution in [-0.4, -0.2) is 26.2 Å². The third-order valence-corrected chi connectivity index (χ3v) is 3.11. The van der Waals surface area contributed by atoms with Crippen molar-refractivity contribution in [1.82, 2.24) is 10.6 Å². The van der Waals surface area contributed by atoms with E-state index in [0.717, 1.165) is 44.1 Å². The average molecular weight is 222 g/mol. The second-order valence-corrected chi connectivity index (χ2v) is 4.56. The molecule has 1 aromatic rings. The van der Waals surface area contributed by atoms with Gasteiger partial charge in [-0.3, -0.25) is 0 Å². The van der Waals surface area contributed by atoms with Crippen molar-refractivity contribution in [3.05, 3.63) is 35.1 Å². The first-order valence-electron chi connectivity index (χ1n) is 5.92. The normalized spacial score (nSPS) is 16.1. The molecular weight excluding hydrogens is 203 g/mol. The molecule has 0 aliphatic carbocycles. The number of halogens is 1. The van der Waals surface area contributed by atoms with Crippen LogP contribution in [0, 0.1) is 18.7 Å². The van der Waals surface area contributed by atoms with E-state index in [1.54, 1.807) is 6.07 Å². The van der Waals surface area contributed by atoms with E-state index in [1.807, 2.05) is 19.1 Å². The first-order valence-corrected chi connectivity index (χ1v) is 5.92. The molecule has 1 aliphatic heterocycles. The minimum Gasteiger partial charge on any atom is -0.316 e. The van der Waals surface area contributed by atoms with Gasteiger partial charge in [0, 0.05) is 19.6 Å². The third kappa shape index (κ3) is 3.03. The van der Waals surface area contributed by atoms with E-state index in [1.165, 1.54) is 5.56 Å². The SMILES string of the molecule is Cc1cc(CCNCC2CNC2)ccc1F. The standard InChI is InChI=1S/C13H19FN2/c1-10-6-11(2-3-13(10)14)4-5-15-7-12-8-16-9-12/h2-3,6,12,15-16H,4-5,7-9H2,1H3. The molecule has 0 aromatic heterocycles. The Kier molecular flexibility index (Phi) is 3.91. The van der Waals surface area contributed by atoms with Gasteiger partial charge in [-0.25, -0.2) is 4.39 Å². The third-order valence-electron chi connectivity index (χ3n) is 3.11. The molecule has 16 heavy (non-hydrogen) atoms. The van der Waals surface area contributed by atoms with Crippen LogP contribution >= 0.6 is 0 Å². The summed E-state index contributed by atoms with van der Waals surface area (Å²) in [5.74, 6) is 0.687. The lowest BCUT2D eigenvalue weighted by Gasteiger charge is -2.27. The van der Waals surface area contributed by atoms with E-state index in [-0.39, 0.29) is 5.82 Å². The number of hydrogen-bond donors (Lipinski definition) is 2. The van der Waals surface area contributed by atoms with Crippen LogP contribution in [0.1, 0.15) is 11.1 Å². The number of hydrogen-bond acceptors (Lipinski definition) is 2. The lowest BCUT2D eigenvalue weighted by atomic mass is 10.0. The Morgan fingerprint density at radius 2 is 2.25 bits per heavy atom. The molecule has 3 heteroatoms. The van der Waals surface area contributed by atoms with Gasteiger partial charge in [0.25, 0.3) is 0 Å². The van der Waals surface area contributed by atoms with E-state index in [9.17, 15) is 4.39 Å². The van der Waals surface area contributed by atoms with E-state index >= 15 is 0 Å². The fraction of sp³-hybridized carbons (Fsp3) is 0.538. The van der Waals surface area contributed by atoms with Gasteiger partial charge in [-0.15, -0.1) is 0 Å². The predicted octanol–water partition coefficient (Wildman–Crippen LogP) is 1.49. The lowest BCUT2D eigenvalue weighted by Crippen LogP contribution is -2.47. The summed E-state index contributed by atoms with van der Waals surface area (Å²) in [5.41, 5.74) is 1.94. The highest BCUT2D eigenvalue weighted by Crippen LogP contribution is 2.09. The highest BCUT2D eigenvalue weighted by atomic mass is 19.1. The Morgan fingerprint density at radius 1 is 1.44 bits per heavy atom. The molecule has 0 radical (unpaired) electrons. The molecule has 0 bridgehead atoms. The molecule has 1 saturated heterocycles. The van der Waals surface area contributed by atoms with Gasteiger partial charge >= 0.3 is 0 Å². The van der Waals surface area contributed by atoms with Gasteiger partial charge < -0.3 is 10.6 Å². The summed E-state index contributed by atoms with van der Waals surface area (Å²) in [6.45, 7) is 6.16. The van der Waals surface area contributed by atoms with Gasteiger partial charge in [0.15, 0.2) is 0 Å². The summed E-state index contributed by atoms with van der Waals surface area (Å²) in [6.07, 6.45) is 0.973. The smallest absolute Gasteiger partial charge is 0.126 e. The molecule has 1 fully saturated rings. The molecule has 88 valence electrons. The average Bonchev–Trinajstić information content (AvgIpc) is 2.20. The molecule has 1 heterocycles. The number of aryl methyl sites for hydroxylation is 1. The second-order valence-electron chi connectivity index (χ2n) is 4.56. The molecule has 1 aromatic carbocycles. The largest absolute Gasteiger partial charge is 0.316 e. The Bertz CT molecular complexity index is 348. The molecule has 0 atom stereocenters. The molecule has 0 unspecified atom stereocenters. The molecule has 2 nitrogen and oxygen atoms in total. The molecule has 2 N–H and O–H groups in total. The number of rotatable bonds is 5. The second kappa shape index (κ2) is 5.41. The molecule has 1 aliphatic rings. The van der Waals surface area contributed by atoms with Crippen LogP contribution in [0.15, 0.2) is 18.2 Å². The first-order chi connectivity index (χ1) is 7.75. The lowest BCUT2D eigenvalue weighted by molar-refractivity contribution is 0.333. The topological polar surface area (TPSA) is 24.1 Å². The van der Waals surface area contributed by atoms with Crippen LogP contribution in [0.5, 0.6) is 0 Å². The number of benzene rings is 1. The number of nitrogens with one attached hydrogen (secondary N) is 2. The van der Waals surface area contributed by atoms with Crippen molar-refractivity contribution in [2.75, 3.05) is 26.2 Å². The van der Waals surface area contributed by atoms with E-state index in [2.05, 4.69) is 10.6 Å². The quantitative estimate of drug-likeness (QED) is 0.738. The van der Waals surface area contributed by atoms with Gasteiger partial charge in [-0.2, -0.15) is 0 Å². The van der Waals surface area contributed by atoms with Crippen LogP contribution in [0.25, 0.3) is 0 Å². The summed E-state index contributed by atoms with van der Waals surface area (Å²) in [7, 11) is 0. The van der Waals surface area contributed by atoms with Crippen molar-refractivity contribution in [3.63, 3.8) is 0 Å². The maximum Gasteiger partial charge on any atom is 0.126 e. The first kappa shape index (κ1) is 11.6. The van der Waals surface area contributed by atoms with Gasteiger partial charge in [0.2, 0.25) is 0 Å². The van der Waals surface area contributed by atoms with Crippen molar-refractivity contribution in [1.29, 1.82) is 0 Å². The fourth-order valence-electron chi connectivity index (χ4n) is 1.89. The maximum atomic E-state index is 13.0. The van der Waals surface area contributed by atoms with E-state index in [4.69, 9.17) is 0 Å². The Balaban J connectivity index is 1.69. The molecule has 0 amide bonds. The van der Waals surface area contributed by atoms with E-state index in [0.29, 0.717) is 0 Å². The van der Waals surface area contributed by atoms with Crippen molar-refractivity contribution >= 4 is 0 Å². The Labute approximate surface area is 96.2 Å². The summed E-state index contributed by atoms with van der Waals surface area (Å²) < 4.78 is 13.0. The van der Waals surface area contributed by atoms with Gasteiger partial charge in [0.05, 0.1) is 0 Å². The minimum atomic E-state index is -0.114. The Hall–Kier alpha value is -0.930. The van der Waals surface area contributed by atoms with Crippen molar-refractivity contribution in [2.45, 2.75) is 13.3 Å². The molecule has 0 saturated carbocycles. The maximum absolute atomic E-state index is 13.0. The summed E-state index contributed by atoms with van der Waals surface area (Å²) in [6, 6.07) is 5.36. The summed E-state index contributed by atoms with van der Waals surface area (Å²) in [5, 5.41) is 6.69. The predicted molar refractivity (Wildman–Crippen MR) is 64.1 cm³/mol. The fourth-order valence-corrected chi connectivity index (χ4v) is 1.89. The Morgan fingerprint density at radius 3 is 2.88 bits per heavy atom. The van der Waals surface area contributed by atoms with Crippen LogP contribution in [0.4, 0.5) is 4.39 Å². The van der Waals surface area contributed by atoms with Crippen LogP contribution in [0.3, 0.4) is 0 Å². The summed E-state index contributed by atoms with van der Waals surface area (Å²) in [4.78, 5) is 0. The monoisotopic (exact) mass is 222 g/mol. The van der Waals surface area contributed by atoms with E-state index < -0.39 is 0 Å². The van der Waals surface area contributed by atoms with Gasteiger partial charge in [-0.05, 0) is 43.0 Å². The van der Waals surface area contributed by atoms with Crippen molar-refractivity contribution in [2.24, 2.45) is 5.92 Å². The minimum absolute atomic E-state index is 0.114. The zero-order valence-electron chi connectivity index (χ0n) is 9.72. The van der Waals surface area contributed by atoms with Crippen molar-refractivity contribution < 1.29 is 4.39 Å². The van der Waals surface area contributed by atoms with Crippen LogP contribution in [0.2, 0.25) is 0 Å². The zero-order chi connectivity index (χ0) is 11.4. The highest BCUT2D eigenvalue weighted by Gasteiger charge is 2.15. The van der Waals surface area contributed by atoms with Crippen LogP contribution in [-0.2, 0) is 6.42 Å². The zero-order valence-corrected chi connectivity index (χ0v) is 9.72. The summed E-state index contributed by atoms with van der Waals surface area (Å²) >= 11 is 0. The molecule has 2 rings (SSSR count). The highest BCUT2D eigenvalue weighted by molar-refractivity contribution is 5.24. The van der Waals surface area contributed by atoms with Crippen molar-refractivity contribution in [3.8, 4) is 0 Å². The van der Waals surface area contributed by atoms with Gasteiger partial charge in [-0.1, -0.05) is 12.1 Å². The van der Waals surface area contributed by atoms with Crippen LogP contribution < -0.4 is 10.6 Å².